The molecule has 0 aliphatic carbocycles. The highest BCUT2D eigenvalue weighted by Crippen LogP contribution is 2.24. The number of likely N-dealkylation sites (tertiary alicyclic amines) is 1. The van der Waals surface area contributed by atoms with Crippen LogP contribution in [0.2, 0.25) is 0 Å². The maximum absolute atomic E-state index is 12.3. The van der Waals surface area contributed by atoms with E-state index in [2.05, 4.69) is 10.2 Å². The van der Waals surface area contributed by atoms with Gasteiger partial charge in [0.05, 0.1) is 12.3 Å². The van der Waals surface area contributed by atoms with Crippen molar-refractivity contribution in [1.29, 1.82) is 0 Å². The Balaban J connectivity index is 1.68. The molecule has 0 aromatic carbocycles. The molecule has 5 heteroatoms. The van der Waals surface area contributed by atoms with Crippen LogP contribution in [0, 0.1) is 0 Å². The van der Waals surface area contributed by atoms with E-state index < -0.39 is 0 Å². The van der Waals surface area contributed by atoms with Gasteiger partial charge in [-0.2, -0.15) is 0 Å². The van der Waals surface area contributed by atoms with Gasteiger partial charge in [-0.05, 0) is 50.2 Å². The number of carbonyl (C=O) groups is 1. The number of rotatable bonds is 5. The van der Waals surface area contributed by atoms with Crippen molar-refractivity contribution in [3.05, 3.63) is 48.2 Å². The lowest BCUT2D eigenvalue weighted by Gasteiger charge is -2.33. The molecular weight excluding hydrogens is 278 g/mol. The molecule has 5 nitrogen and oxygen atoms in total. The number of nitrogens with zero attached hydrogens (tertiary/aromatic N) is 2. The van der Waals surface area contributed by atoms with E-state index in [4.69, 9.17) is 4.42 Å². The van der Waals surface area contributed by atoms with Gasteiger partial charge in [0.15, 0.2) is 0 Å². The summed E-state index contributed by atoms with van der Waals surface area (Å²) in [6, 6.07) is 7.72. The molecule has 1 aliphatic rings. The minimum Gasteiger partial charge on any atom is -0.468 e. The summed E-state index contributed by atoms with van der Waals surface area (Å²) < 4.78 is 7.43. The topological polar surface area (TPSA) is 50.4 Å². The fraction of sp³-hybridized carbons (Fsp3) is 0.471. The van der Waals surface area contributed by atoms with E-state index in [0.29, 0.717) is 12.2 Å². The van der Waals surface area contributed by atoms with Crippen LogP contribution in [0.5, 0.6) is 0 Å². The van der Waals surface area contributed by atoms with Gasteiger partial charge in [-0.15, -0.1) is 0 Å². The van der Waals surface area contributed by atoms with E-state index in [1.54, 1.807) is 6.26 Å². The second-order valence-electron chi connectivity index (χ2n) is 5.84. The highest BCUT2D eigenvalue weighted by Gasteiger charge is 2.25. The molecular formula is C17H23N3O2. The van der Waals surface area contributed by atoms with Gasteiger partial charge < -0.3 is 14.3 Å². The molecule has 0 spiro atoms. The van der Waals surface area contributed by atoms with E-state index in [9.17, 15) is 4.79 Å². The standard InChI is InChI=1S/C17H23N3O2/c1-19-9-5-7-14(19)17(21)18-13-15(16-8-6-12-22-16)20-10-3-2-4-11-20/h5-9,12,15H,2-4,10-11,13H2,1H3,(H,18,21)/t15-/m1/s1. The van der Waals surface area contributed by atoms with Gasteiger partial charge in [-0.1, -0.05) is 6.42 Å². The van der Waals surface area contributed by atoms with E-state index in [0.717, 1.165) is 18.8 Å². The van der Waals surface area contributed by atoms with Gasteiger partial charge in [-0.3, -0.25) is 9.69 Å². The Hall–Kier alpha value is -2.01. The van der Waals surface area contributed by atoms with Crippen LogP contribution in [-0.2, 0) is 7.05 Å². The van der Waals surface area contributed by atoms with Gasteiger partial charge in [0, 0.05) is 19.8 Å². The van der Waals surface area contributed by atoms with E-state index >= 15 is 0 Å². The SMILES string of the molecule is Cn1cccc1C(=O)NC[C@H](c1ccco1)N1CCCCC1. The summed E-state index contributed by atoms with van der Waals surface area (Å²) >= 11 is 0. The predicted molar refractivity (Wildman–Crippen MR) is 84.6 cm³/mol. The smallest absolute Gasteiger partial charge is 0.267 e. The highest BCUT2D eigenvalue weighted by molar-refractivity contribution is 5.92. The summed E-state index contributed by atoms with van der Waals surface area (Å²) in [7, 11) is 1.88. The summed E-state index contributed by atoms with van der Waals surface area (Å²) in [4.78, 5) is 14.7. The van der Waals surface area contributed by atoms with Crippen LogP contribution in [0.15, 0.2) is 41.1 Å². The number of aryl methyl sites for hydroxylation is 1. The van der Waals surface area contributed by atoms with E-state index in [-0.39, 0.29) is 11.9 Å². The maximum atomic E-state index is 12.3. The van der Waals surface area contributed by atoms with Gasteiger partial charge in [-0.25, -0.2) is 0 Å². The molecule has 1 fully saturated rings. The largest absolute Gasteiger partial charge is 0.468 e. The third-order valence-corrected chi connectivity index (χ3v) is 4.34. The third-order valence-electron chi connectivity index (χ3n) is 4.34. The molecule has 1 amide bonds. The zero-order valence-corrected chi connectivity index (χ0v) is 13.0. The first-order chi connectivity index (χ1) is 10.8. The van der Waals surface area contributed by atoms with Gasteiger partial charge in [0.25, 0.3) is 5.91 Å². The number of nitrogens with one attached hydrogen (secondary N) is 1. The molecule has 0 bridgehead atoms. The number of hydrogen-bond acceptors (Lipinski definition) is 3. The Kier molecular flexibility index (Phi) is 4.63. The molecule has 1 N–H and O–H groups in total. The average Bonchev–Trinajstić information content (AvgIpc) is 3.20. The van der Waals surface area contributed by atoms with Crippen LogP contribution >= 0.6 is 0 Å². The van der Waals surface area contributed by atoms with E-state index in [1.165, 1.54) is 19.3 Å². The number of aromatic nitrogens is 1. The molecule has 3 rings (SSSR count). The fourth-order valence-corrected chi connectivity index (χ4v) is 3.10. The average molecular weight is 301 g/mol. The molecule has 1 atom stereocenters. The number of furan rings is 1. The maximum Gasteiger partial charge on any atom is 0.267 e. The lowest BCUT2D eigenvalue weighted by atomic mass is 10.1. The fourth-order valence-electron chi connectivity index (χ4n) is 3.10. The van der Waals surface area contributed by atoms with Crippen molar-refractivity contribution < 1.29 is 9.21 Å². The molecule has 0 unspecified atom stereocenters. The van der Waals surface area contributed by atoms with Crippen molar-refractivity contribution in [2.45, 2.75) is 25.3 Å². The Bertz CT molecular complexity index is 597. The molecule has 1 saturated heterocycles. The van der Waals surface area contributed by atoms with Crippen molar-refractivity contribution in [3.63, 3.8) is 0 Å². The van der Waals surface area contributed by atoms with Crippen LogP contribution in [0.4, 0.5) is 0 Å². The van der Waals surface area contributed by atoms with E-state index in [1.807, 2.05) is 42.1 Å². The van der Waals surface area contributed by atoms with Gasteiger partial charge in [0.2, 0.25) is 0 Å². The van der Waals surface area contributed by atoms with Crippen molar-refractivity contribution in [3.8, 4) is 0 Å². The predicted octanol–water partition coefficient (Wildman–Crippen LogP) is 2.58. The second kappa shape index (κ2) is 6.83. The molecule has 3 heterocycles. The van der Waals surface area contributed by atoms with Crippen LogP contribution in [0.3, 0.4) is 0 Å². The molecule has 22 heavy (non-hydrogen) atoms. The quantitative estimate of drug-likeness (QED) is 0.923. The van der Waals surface area contributed by atoms with Gasteiger partial charge in [0.1, 0.15) is 11.5 Å². The zero-order chi connectivity index (χ0) is 15.4. The number of hydrogen-bond donors (Lipinski definition) is 1. The van der Waals surface area contributed by atoms with Crippen molar-refractivity contribution in [1.82, 2.24) is 14.8 Å². The Morgan fingerprint density at radius 3 is 2.73 bits per heavy atom. The van der Waals surface area contributed by atoms with Crippen molar-refractivity contribution >= 4 is 5.91 Å². The summed E-state index contributed by atoms with van der Waals surface area (Å²) in [5, 5.41) is 3.05. The number of amides is 1. The summed E-state index contributed by atoms with van der Waals surface area (Å²) in [5.74, 6) is 0.884. The Labute approximate surface area is 130 Å². The first-order valence-electron chi connectivity index (χ1n) is 7.92. The Morgan fingerprint density at radius 2 is 2.09 bits per heavy atom. The minimum absolute atomic E-state index is 0.0407. The monoisotopic (exact) mass is 301 g/mol. The first-order valence-corrected chi connectivity index (χ1v) is 7.92. The first kappa shape index (κ1) is 14.9. The lowest BCUT2D eigenvalue weighted by molar-refractivity contribution is 0.0906. The third kappa shape index (κ3) is 3.25. The van der Waals surface area contributed by atoms with Gasteiger partial charge >= 0.3 is 0 Å². The second-order valence-corrected chi connectivity index (χ2v) is 5.84. The molecule has 0 radical (unpaired) electrons. The van der Waals surface area contributed by atoms with Crippen LogP contribution < -0.4 is 5.32 Å². The number of piperidine rings is 1. The van der Waals surface area contributed by atoms with Crippen LogP contribution in [0.25, 0.3) is 0 Å². The minimum atomic E-state index is -0.0407. The Morgan fingerprint density at radius 1 is 1.27 bits per heavy atom. The zero-order valence-electron chi connectivity index (χ0n) is 13.0. The molecule has 118 valence electrons. The molecule has 2 aromatic rings. The van der Waals surface area contributed by atoms with Crippen LogP contribution in [-0.4, -0.2) is 35.0 Å². The molecule has 0 saturated carbocycles. The normalized spacial score (nSPS) is 17.3. The molecule has 1 aliphatic heterocycles. The van der Waals surface area contributed by atoms with Crippen LogP contribution in [0.1, 0.15) is 41.6 Å². The summed E-state index contributed by atoms with van der Waals surface area (Å²) in [6.45, 7) is 2.69. The van der Waals surface area contributed by atoms with Crippen molar-refractivity contribution in [2.75, 3.05) is 19.6 Å². The number of carbonyl (C=O) groups excluding carboxylic acids is 1. The van der Waals surface area contributed by atoms with Crippen molar-refractivity contribution in [2.24, 2.45) is 7.05 Å². The highest BCUT2D eigenvalue weighted by atomic mass is 16.3. The molecule has 2 aromatic heterocycles. The lowest BCUT2D eigenvalue weighted by Crippen LogP contribution is -2.40. The summed E-state index contributed by atoms with van der Waals surface area (Å²) in [6.07, 6.45) is 7.29. The summed E-state index contributed by atoms with van der Waals surface area (Å²) in [5.41, 5.74) is 0.678.